The van der Waals surface area contributed by atoms with Gasteiger partial charge >= 0.3 is 0 Å². The van der Waals surface area contributed by atoms with Gasteiger partial charge in [0.2, 0.25) is 5.95 Å². The summed E-state index contributed by atoms with van der Waals surface area (Å²) in [5, 5.41) is 16.8. The zero-order valence-electron chi connectivity index (χ0n) is 11.3. The molecule has 2 aromatic rings. The summed E-state index contributed by atoms with van der Waals surface area (Å²) in [4.78, 5) is 13.0. The summed E-state index contributed by atoms with van der Waals surface area (Å²) in [6, 6.07) is 0. The summed E-state index contributed by atoms with van der Waals surface area (Å²) in [6.45, 7) is 4.60. The molecule has 1 saturated heterocycles. The Morgan fingerprint density at radius 2 is 2.15 bits per heavy atom. The second-order valence-corrected chi connectivity index (χ2v) is 4.94. The zero-order valence-corrected chi connectivity index (χ0v) is 11.3. The third kappa shape index (κ3) is 2.52. The first kappa shape index (κ1) is 13.1. The smallest absolute Gasteiger partial charge is 0.224 e. The van der Waals surface area contributed by atoms with Crippen LogP contribution in [-0.4, -0.2) is 69.5 Å². The summed E-state index contributed by atoms with van der Waals surface area (Å²) >= 11 is 0. The average Bonchev–Trinajstić information content (AvgIpc) is 2.77. The molecular weight excluding hydrogens is 258 g/mol. The molecule has 108 valence electrons. The molecule has 0 atom stereocenters. The number of aromatic amines is 1. The molecule has 8 nitrogen and oxygen atoms in total. The number of anilines is 2. The number of rotatable bonds is 3. The van der Waals surface area contributed by atoms with E-state index in [1.807, 2.05) is 0 Å². The van der Waals surface area contributed by atoms with Crippen LogP contribution in [0.3, 0.4) is 0 Å². The van der Waals surface area contributed by atoms with Crippen LogP contribution in [0.5, 0.6) is 0 Å². The molecule has 0 saturated carbocycles. The maximum absolute atomic E-state index is 9.04. The Hall–Kier alpha value is -1.93. The molecule has 1 aliphatic rings. The number of aliphatic hydroxyl groups is 1. The number of nitrogens with zero attached hydrogens (tertiary/aromatic N) is 5. The first-order valence-corrected chi connectivity index (χ1v) is 6.82. The van der Waals surface area contributed by atoms with E-state index < -0.39 is 0 Å². The number of aromatic nitrogens is 4. The minimum absolute atomic E-state index is 0.201. The van der Waals surface area contributed by atoms with Gasteiger partial charge in [0.15, 0.2) is 5.65 Å². The van der Waals surface area contributed by atoms with Crippen molar-refractivity contribution in [2.75, 3.05) is 50.0 Å². The van der Waals surface area contributed by atoms with E-state index in [9.17, 15) is 0 Å². The normalized spacial score (nSPS) is 17.6. The highest BCUT2D eigenvalue weighted by Gasteiger charge is 2.19. The molecule has 2 aromatic heterocycles. The Morgan fingerprint density at radius 3 is 3.00 bits per heavy atom. The maximum atomic E-state index is 9.04. The third-order valence-corrected chi connectivity index (χ3v) is 3.61. The van der Waals surface area contributed by atoms with Gasteiger partial charge in [-0.05, 0) is 13.0 Å². The van der Waals surface area contributed by atoms with Crippen molar-refractivity contribution >= 4 is 22.8 Å². The zero-order chi connectivity index (χ0) is 13.9. The van der Waals surface area contributed by atoms with Crippen LogP contribution in [-0.2, 0) is 0 Å². The molecule has 0 bridgehead atoms. The van der Waals surface area contributed by atoms with Gasteiger partial charge in [-0.25, -0.2) is 0 Å². The second kappa shape index (κ2) is 5.59. The van der Waals surface area contributed by atoms with Crippen molar-refractivity contribution in [2.24, 2.45) is 0 Å². The number of H-pyrrole nitrogens is 1. The van der Waals surface area contributed by atoms with Crippen LogP contribution in [0.1, 0.15) is 6.42 Å². The molecule has 0 aromatic carbocycles. The Bertz CT molecular complexity index is 584. The number of aliphatic hydroxyl groups excluding tert-OH is 1. The molecule has 4 N–H and O–H groups in total. The lowest BCUT2D eigenvalue weighted by atomic mass is 10.3. The number of nitrogens with two attached hydrogens (primary N) is 1. The van der Waals surface area contributed by atoms with E-state index >= 15 is 0 Å². The molecule has 3 heterocycles. The topological polar surface area (TPSA) is 107 Å². The second-order valence-electron chi connectivity index (χ2n) is 4.94. The first-order chi connectivity index (χ1) is 9.78. The number of hydrogen-bond acceptors (Lipinski definition) is 7. The number of hydrogen-bond donors (Lipinski definition) is 3. The third-order valence-electron chi connectivity index (χ3n) is 3.61. The van der Waals surface area contributed by atoms with Gasteiger partial charge in [0.05, 0.1) is 18.2 Å². The Morgan fingerprint density at radius 1 is 1.25 bits per heavy atom. The van der Waals surface area contributed by atoms with Crippen LogP contribution >= 0.6 is 0 Å². The van der Waals surface area contributed by atoms with Gasteiger partial charge in [-0.15, -0.1) is 0 Å². The molecule has 0 unspecified atom stereocenters. The quantitative estimate of drug-likeness (QED) is 0.690. The van der Waals surface area contributed by atoms with Gasteiger partial charge in [0, 0.05) is 26.2 Å². The van der Waals surface area contributed by atoms with Gasteiger partial charge in [-0.1, -0.05) is 0 Å². The number of fused-ring (bicyclic) bond motifs is 1. The molecule has 3 rings (SSSR count). The standard InChI is InChI=1S/C12H19N7O/c13-12-15-10-9(8-14-17-10)11(16-12)19-3-1-2-18(4-5-19)6-7-20/h8,20H,1-7H2,(H3,13,14,15,16,17). The molecule has 0 amide bonds. The Kier molecular flexibility index (Phi) is 3.66. The summed E-state index contributed by atoms with van der Waals surface area (Å²) in [7, 11) is 0. The SMILES string of the molecule is Nc1nc(N2CCCN(CCO)CC2)c2cn[nH]c2n1. The minimum atomic E-state index is 0.201. The van der Waals surface area contributed by atoms with Gasteiger partial charge in [-0.2, -0.15) is 15.1 Å². The Balaban J connectivity index is 1.85. The van der Waals surface area contributed by atoms with E-state index in [4.69, 9.17) is 10.8 Å². The van der Waals surface area contributed by atoms with Crippen molar-refractivity contribution < 1.29 is 5.11 Å². The average molecular weight is 277 g/mol. The molecule has 8 heteroatoms. The predicted molar refractivity (Wildman–Crippen MR) is 76.5 cm³/mol. The summed E-state index contributed by atoms with van der Waals surface area (Å²) < 4.78 is 0. The molecular formula is C12H19N7O. The highest BCUT2D eigenvalue weighted by atomic mass is 16.3. The van der Waals surface area contributed by atoms with Gasteiger partial charge in [-0.3, -0.25) is 10.00 Å². The molecule has 1 aliphatic heterocycles. The predicted octanol–water partition coefficient (Wildman–Crippen LogP) is -0.560. The van der Waals surface area contributed by atoms with Crippen LogP contribution < -0.4 is 10.6 Å². The van der Waals surface area contributed by atoms with E-state index in [2.05, 4.69) is 30.0 Å². The fraction of sp³-hybridized carbons (Fsp3) is 0.583. The lowest BCUT2D eigenvalue weighted by Gasteiger charge is -2.22. The summed E-state index contributed by atoms with van der Waals surface area (Å²) in [5.41, 5.74) is 6.43. The van der Waals surface area contributed by atoms with Crippen molar-refractivity contribution in [1.82, 2.24) is 25.1 Å². The lowest BCUT2D eigenvalue weighted by molar-refractivity contribution is 0.204. The van der Waals surface area contributed by atoms with E-state index in [1.54, 1.807) is 6.20 Å². The monoisotopic (exact) mass is 277 g/mol. The number of nitrogen functional groups attached to an aromatic ring is 1. The van der Waals surface area contributed by atoms with Crippen molar-refractivity contribution in [1.29, 1.82) is 0 Å². The lowest BCUT2D eigenvalue weighted by Crippen LogP contribution is -2.32. The molecule has 0 aliphatic carbocycles. The Labute approximate surface area is 116 Å². The van der Waals surface area contributed by atoms with E-state index in [0.717, 1.165) is 50.3 Å². The van der Waals surface area contributed by atoms with Crippen LogP contribution in [0.25, 0.3) is 11.0 Å². The van der Waals surface area contributed by atoms with Crippen LogP contribution in [0.4, 0.5) is 11.8 Å². The van der Waals surface area contributed by atoms with Crippen molar-refractivity contribution in [2.45, 2.75) is 6.42 Å². The van der Waals surface area contributed by atoms with E-state index in [-0.39, 0.29) is 12.6 Å². The molecule has 1 fully saturated rings. The van der Waals surface area contributed by atoms with E-state index in [1.165, 1.54) is 0 Å². The highest BCUT2D eigenvalue weighted by Crippen LogP contribution is 2.23. The maximum Gasteiger partial charge on any atom is 0.224 e. The largest absolute Gasteiger partial charge is 0.395 e. The molecule has 0 spiro atoms. The van der Waals surface area contributed by atoms with Crippen LogP contribution in [0, 0.1) is 0 Å². The molecule has 20 heavy (non-hydrogen) atoms. The van der Waals surface area contributed by atoms with Gasteiger partial charge in [0.25, 0.3) is 0 Å². The highest BCUT2D eigenvalue weighted by molar-refractivity contribution is 5.87. The van der Waals surface area contributed by atoms with Crippen LogP contribution in [0.15, 0.2) is 6.20 Å². The van der Waals surface area contributed by atoms with E-state index in [0.29, 0.717) is 5.65 Å². The van der Waals surface area contributed by atoms with Gasteiger partial charge < -0.3 is 15.7 Å². The number of β-amino-alcohol motifs (C(OH)–C–C–N with tert-alkyl or cyclic N) is 1. The molecule has 0 radical (unpaired) electrons. The fourth-order valence-electron chi connectivity index (χ4n) is 2.63. The van der Waals surface area contributed by atoms with Crippen molar-refractivity contribution in [3.8, 4) is 0 Å². The van der Waals surface area contributed by atoms with Crippen molar-refractivity contribution in [3.05, 3.63) is 6.20 Å². The summed E-state index contributed by atoms with van der Waals surface area (Å²) in [5.74, 6) is 1.10. The fourth-order valence-corrected chi connectivity index (χ4v) is 2.63. The van der Waals surface area contributed by atoms with Crippen LogP contribution in [0.2, 0.25) is 0 Å². The number of nitrogens with one attached hydrogen (secondary N) is 1. The minimum Gasteiger partial charge on any atom is -0.395 e. The summed E-state index contributed by atoms with van der Waals surface area (Å²) in [6.07, 6.45) is 2.77. The van der Waals surface area contributed by atoms with Crippen molar-refractivity contribution in [3.63, 3.8) is 0 Å². The van der Waals surface area contributed by atoms with Gasteiger partial charge in [0.1, 0.15) is 5.82 Å². The first-order valence-electron chi connectivity index (χ1n) is 6.82.